The molecule has 0 bridgehead atoms. The Morgan fingerprint density at radius 2 is 1.82 bits per heavy atom. The summed E-state index contributed by atoms with van der Waals surface area (Å²) in [4.78, 5) is 13.9. The molecule has 1 heterocycles. The first-order chi connectivity index (χ1) is 8.27. The Bertz CT molecular complexity index is 209. The third-order valence-corrected chi connectivity index (χ3v) is 3.16. The molecule has 0 aromatic rings. The molecule has 1 aliphatic rings. The number of carbonyl (C=O) groups excluding carboxylic acids is 1. The Kier molecular flexibility index (Phi) is 7.01. The van der Waals surface area contributed by atoms with E-state index in [-0.39, 0.29) is 6.03 Å². The summed E-state index contributed by atoms with van der Waals surface area (Å²) in [5, 5.41) is 3.05. The Balaban J connectivity index is 2.25. The van der Waals surface area contributed by atoms with Crippen LogP contribution < -0.4 is 5.32 Å². The Morgan fingerprint density at radius 1 is 1.24 bits per heavy atom. The summed E-state index contributed by atoms with van der Waals surface area (Å²) in [6, 6.07) is 0.0974. The quantitative estimate of drug-likeness (QED) is 0.776. The van der Waals surface area contributed by atoms with Gasteiger partial charge in [0.25, 0.3) is 0 Å². The number of hydrogen-bond acceptors (Lipinski definition) is 2. The number of rotatable bonds is 6. The summed E-state index contributed by atoms with van der Waals surface area (Å²) >= 11 is 0. The Morgan fingerprint density at radius 3 is 2.35 bits per heavy atom. The van der Waals surface area contributed by atoms with Crippen molar-refractivity contribution in [3.63, 3.8) is 0 Å². The second-order valence-electron chi connectivity index (χ2n) is 4.73. The number of hydrogen-bond donors (Lipinski definition) is 1. The molecule has 1 fully saturated rings. The van der Waals surface area contributed by atoms with Crippen LogP contribution in [0.5, 0.6) is 0 Å². The van der Waals surface area contributed by atoms with Crippen LogP contribution in [0.25, 0.3) is 0 Å². The highest BCUT2D eigenvalue weighted by Crippen LogP contribution is 2.13. The van der Waals surface area contributed by atoms with Gasteiger partial charge >= 0.3 is 6.03 Å². The van der Waals surface area contributed by atoms with E-state index in [0.717, 1.165) is 58.5 Å². The lowest BCUT2D eigenvalue weighted by atomic mass is 10.0. The third kappa shape index (κ3) is 5.39. The van der Waals surface area contributed by atoms with E-state index in [4.69, 9.17) is 4.74 Å². The molecule has 0 unspecified atom stereocenters. The van der Waals surface area contributed by atoms with Gasteiger partial charge in [0.15, 0.2) is 0 Å². The average Bonchev–Trinajstić information content (AvgIpc) is 2.37. The normalized spacial score (nSPS) is 16.8. The van der Waals surface area contributed by atoms with Crippen LogP contribution in [0.3, 0.4) is 0 Å². The molecule has 100 valence electrons. The largest absolute Gasteiger partial charge is 0.381 e. The number of carbonyl (C=O) groups is 1. The Hall–Kier alpha value is -0.770. The summed E-state index contributed by atoms with van der Waals surface area (Å²) in [7, 11) is 0. The number of amides is 2. The lowest BCUT2D eigenvalue weighted by Crippen LogP contribution is -2.43. The number of ether oxygens (including phenoxy) is 1. The predicted octanol–water partition coefficient (Wildman–Crippen LogP) is 2.24. The molecular weight excluding hydrogens is 216 g/mol. The van der Waals surface area contributed by atoms with Crippen molar-refractivity contribution in [1.29, 1.82) is 0 Å². The van der Waals surface area contributed by atoms with Gasteiger partial charge in [0.1, 0.15) is 0 Å². The molecule has 17 heavy (non-hydrogen) atoms. The van der Waals surface area contributed by atoms with Gasteiger partial charge < -0.3 is 15.0 Å². The van der Waals surface area contributed by atoms with Gasteiger partial charge in [-0.05, 0) is 31.6 Å². The standard InChI is InChI=1S/C13H26N2O2/c1-3-7-15(8-4-2)13(16)14-11-12-5-9-17-10-6-12/h12H,3-11H2,1-2H3,(H,14,16). The lowest BCUT2D eigenvalue weighted by molar-refractivity contribution is 0.0664. The molecule has 1 N–H and O–H groups in total. The molecule has 4 heteroatoms. The van der Waals surface area contributed by atoms with E-state index in [2.05, 4.69) is 19.2 Å². The van der Waals surface area contributed by atoms with Crippen LogP contribution in [-0.4, -0.2) is 43.8 Å². The summed E-state index contributed by atoms with van der Waals surface area (Å²) < 4.78 is 5.31. The van der Waals surface area contributed by atoms with E-state index >= 15 is 0 Å². The lowest BCUT2D eigenvalue weighted by Gasteiger charge is -2.26. The van der Waals surface area contributed by atoms with E-state index in [1.54, 1.807) is 0 Å². The maximum absolute atomic E-state index is 11.9. The maximum Gasteiger partial charge on any atom is 0.317 e. The highest BCUT2D eigenvalue weighted by Gasteiger charge is 2.16. The zero-order valence-corrected chi connectivity index (χ0v) is 11.2. The second kappa shape index (κ2) is 8.34. The van der Waals surface area contributed by atoms with Crippen LogP contribution in [0.2, 0.25) is 0 Å². The zero-order valence-electron chi connectivity index (χ0n) is 11.2. The van der Waals surface area contributed by atoms with Crippen LogP contribution in [0.4, 0.5) is 4.79 Å². The number of urea groups is 1. The zero-order chi connectivity index (χ0) is 12.5. The Labute approximate surface area is 105 Å². The summed E-state index contributed by atoms with van der Waals surface area (Å²) in [6.07, 6.45) is 4.18. The SMILES string of the molecule is CCCN(CCC)C(=O)NCC1CCOCC1. The van der Waals surface area contributed by atoms with Gasteiger partial charge in [0, 0.05) is 32.8 Å². The van der Waals surface area contributed by atoms with Gasteiger partial charge in [-0.25, -0.2) is 4.79 Å². The minimum Gasteiger partial charge on any atom is -0.381 e. The third-order valence-electron chi connectivity index (χ3n) is 3.16. The van der Waals surface area contributed by atoms with E-state index in [9.17, 15) is 4.79 Å². The molecule has 1 rings (SSSR count). The molecule has 0 aliphatic carbocycles. The molecule has 0 radical (unpaired) electrons. The van der Waals surface area contributed by atoms with Gasteiger partial charge in [0.05, 0.1) is 0 Å². The highest BCUT2D eigenvalue weighted by atomic mass is 16.5. The average molecular weight is 242 g/mol. The van der Waals surface area contributed by atoms with Gasteiger partial charge in [-0.2, -0.15) is 0 Å². The molecule has 0 saturated carbocycles. The molecule has 1 aliphatic heterocycles. The molecule has 4 nitrogen and oxygen atoms in total. The molecule has 0 spiro atoms. The van der Waals surface area contributed by atoms with Gasteiger partial charge in [-0.15, -0.1) is 0 Å². The van der Waals surface area contributed by atoms with Crippen molar-refractivity contribution in [3.8, 4) is 0 Å². The van der Waals surface area contributed by atoms with Crippen molar-refractivity contribution in [2.75, 3.05) is 32.8 Å². The van der Waals surface area contributed by atoms with Crippen LogP contribution in [0.1, 0.15) is 39.5 Å². The molecule has 0 atom stereocenters. The first kappa shape index (κ1) is 14.3. The van der Waals surface area contributed by atoms with E-state index in [1.165, 1.54) is 0 Å². The van der Waals surface area contributed by atoms with E-state index < -0.39 is 0 Å². The first-order valence-corrected chi connectivity index (χ1v) is 6.88. The number of nitrogens with zero attached hydrogens (tertiary/aromatic N) is 1. The highest BCUT2D eigenvalue weighted by molar-refractivity contribution is 5.74. The molecule has 1 saturated heterocycles. The summed E-state index contributed by atoms with van der Waals surface area (Å²) in [6.45, 7) is 8.40. The summed E-state index contributed by atoms with van der Waals surface area (Å²) in [5.41, 5.74) is 0. The van der Waals surface area contributed by atoms with Crippen LogP contribution >= 0.6 is 0 Å². The van der Waals surface area contributed by atoms with E-state index in [0.29, 0.717) is 5.92 Å². The second-order valence-corrected chi connectivity index (χ2v) is 4.73. The fraction of sp³-hybridized carbons (Fsp3) is 0.923. The van der Waals surface area contributed by atoms with Gasteiger partial charge in [-0.1, -0.05) is 13.8 Å². The smallest absolute Gasteiger partial charge is 0.317 e. The van der Waals surface area contributed by atoms with E-state index in [1.807, 2.05) is 4.90 Å². The minimum atomic E-state index is 0.0974. The molecular formula is C13H26N2O2. The first-order valence-electron chi connectivity index (χ1n) is 6.88. The maximum atomic E-state index is 11.9. The minimum absolute atomic E-state index is 0.0974. The van der Waals surface area contributed by atoms with Crippen molar-refractivity contribution < 1.29 is 9.53 Å². The van der Waals surface area contributed by atoms with Crippen LogP contribution in [-0.2, 0) is 4.74 Å². The molecule has 0 aromatic carbocycles. The van der Waals surface area contributed by atoms with Gasteiger partial charge in [-0.3, -0.25) is 0 Å². The monoisotopic (exact) mass is 242 g/mol. The predicted molar refractivity (Wildman–Crippen MR) is 69.1 cm³/mol. The van der Waals surface area contributed by atoms with Crippen LogP contribution in [0, 0.1) is 5.92 Å². The topological polar surface area (TPSA) is 41.6 Å². The van der Waals surface area contributed by atoms with Crippen molar-refractivity contribution >= 4 is 6.03 Å². The van der Waals surface area contributed by atoms with Gasteiger partial charge in [0.2, 0.25) is 0 Å². The van der Waals surface area contributed by atoms with Crippen molar-refractivity contribution in [2.45, 2.75) is 39.5 Å². The fourth-order valence-corrected chi connectivity index (χ4v) is 2.15. The molecule has 2 amide bonds. The van der Waals surface area contributed by atoms with Crippen molar-refractivity contribution in [1.82, 2.24) is 10.2 Å². The fourth-order valence-electron chi connectivity index (χ4n) is 2.15. The summed E-state index contributed by atoms with van der Waals surface area (Å²) in [5.74, 6) is 0.595. The van der Waals surface area contributed by atoms with Crippen molar-refractivity contribution in [3.05, 3.63) is 0 Å². The molecule has 0 aromatic heterocycles. The van der Waals surface area contributed by atoms with Crippen LogP contribution in [0.15, 0.2) is 0 Å². The van der Waals surface area contributed by atoms with Crippen molar-refractivity contribution in [2.24, 2.45) is 5.92 Å². The number of nitrogens with one attached hydrogen (secondary N) is 1.